The average molecular weight is 305 g/mol. The van der Waals surface area contributed by atoms with E-state index in [0.29, 0.717) is 16.4 Å². The summed E-state index contributed by atoms with van der Waals surface area (Å²) >= 11 is 6.06. The van der Waals surface area contributed by atoms with Gasteiger partial charge in [-0.15, -0.1) is 0 Å². The van der Waals surface area contributed by atoms with E-state index in [4.69, 9.17) is 11.6 Å². The summed E-state index contributed by atoms with van der Waals surface area (Å²) in [5.41, 5.74) is 2.03. The van der Waals surface area contributed by atoms with Crippen LogP contribution < -0.4 is 15.5 Å². The second kappa shape index (κ2) is 6.45. The standard InChI is InChI=1S/C15H17ClN4O/c1-17-14-8-10(11(16)9-18-14)15(21)19-12-6-4-5-7-13(12)20(2)3/h4-9H,1-3H3,(H,17,18)(H,19,21). The lowest BCUT2D eigenvalue weighted by molar-refractivity contribution is 0.102. The number of hydrogen-bond donors (Lipinski definition) is 2. The Morgan fingerprint density at radius 2 is 2.00 bits per heavy atom. The maximum absolute atomic E-state index is 12.4. The second-order valence-electron chi connectivity index (χ2n) is 4.67. The highest BCUT2D eigenvalue weighted by molar-refractivity contribution is 6.34. The number of aromatic nitrogens is 1. The van der Waals surface area contributed by atoms with Gasteiger partial charge in [0, 0.05) is 27.3 Å². The summed E-state index contributed by atoms with van der Waals surface area (Å²) in [5.74, 6) is 0.318. The Kier molecular flexibility index (Phi) is 4.65. The smallest absolute Gasteiger partial charge is 0.257 e. The molecule has 2 aromatic rings. The van der Waals surface area contributed by atoms with E-state index in [1.165, 1.54) is 6.20 Å². The van der Waals surface area contributed by atoms with E-state index < -0.39 is 0 Å². The number of benzene rings is 1. The summed E-state index contributed by atoms with van der Waals surface area (Å²) < 4.78 is 0. The number of para-hydroxylation sites is 2. The molecule has 0 aliphatic heterocycles. The molecule has 1 aromatic carbocycles. The van der Waals surface area contributed by atoms with Crippen LogP contribution in [-0.2, 0) is 0 Å². The Hall–Kier alpha value is -2.27. The number of hydrogen-bond acceptors (Lipinski definition) is 4. The molecule has 0 bridgehead atoms. The Morgan fingerprint density at radius 3 is 2.67 bits per heavy atom. The van der Waals surface area contributed by atoms with Crippen molar-refractivity contribution in [2.24, 2.45) is 0 Å². The Balaban J connectivity index is 2.30. The Morgan fingerprint density at radius 1 is 1.29 bits per heavy atom. The third-order valence-corrected chi connectivity index (χ3v) is 3.29. The fourth-order valence-electron chi connectivity index (χ4n) is 1.91. The van der Waals surface area contributed by atoms with E-state index in [-0.39, 0.29) is 5.91 Å². The van der Waals surface area contributed by atoms with Crippen LogP contribution >= 0.6 is 11.6 Å². The molecule has 6 heteroatoms. The predicted molar refractivity (Wildman–Crippen MR) is 87.5 cm³/mol. The summed E-state index contributed by atoms with van der Waals surface area (Å²) in [4.78, 5) is 18.4. The van der Waals surface area contributed by atoms with E-state index in [1.807, 2.05) is 43.3 Å². The molecule has 21 heavy (non-hydrogen) atoms. The Bertz CT molecular complexity index is 658. The van der Waals surface area contributed by atoms with Crippen molar-refractivity contribution in [2.75, 3.05) is 36.7 Å². The highest BCUT2D eigenvalue weighted by atomic mass is 35.5. The van der Waals surface area contributed by atoms with E-state index in [2.05, 4.69) is 15.6 Å². The molecule has 5 nitrogen and oxygen atoms in total. The van der Waals surface area contributed by atoms with E-state index in [9.17, 15) is 4.79 Å². The first-order valence-electron chi connectivity index (χ1n) is 6.44. The fraction of sp³-hybridized carbons (Fsp3) is 0.200. The van der Waals surface area contributed by atoms with Gasteiger partial charge in [0.2, 0.25) is 0 Å². The largest absolute Gasteiger partial charge is 0.376 e. The number of halogens is 1. The van der Waals surface area contributed by atoms with Gasteiger partial charge in [0.25, 0.3) is 5.91 Å². The highest BCUT2D eigenvalue weighted by Crippen LogP contribution is 2.25. The first-order chi connectivity index (χ1) is 10.0. The SMILES string of the molecule is CNc1cc(C(=O)Nc2ccccc2N(C)C)c(Cl)cn1. The van der Waals surface area contributed by atoms with Gasteiger partial charge in [0.1, 0.15) is 5.82 Å². The van der Waals surface area contributed by atoms with Gasteiger partial charge in [-0.25, -0.2) is 4.98 Å². The lowest BCUT2D eigenvalue weighted by atomic mass is 10.2. The molecule has 0 atom stereocenters. The molecule has 110 valence electrons. The van der Waals surface area contributed by atoms with Gasteiger partial charge < -0.3 is 15.5 Å². The van der Waals surface area contributed by atoms with Crippen molar-refractivity contribution in [1.29, 1.82) is 0 Å². The molecular formula is C15H17ClN4O. The van der Waals surface area contributed by atoms with Crippen molar-refractivity contribution in [2.45, 2.75) is 0 Å². The van der Waals surface area contributed by atoms with Crippen molar-refractivity contribution < 1.29 is 4.79 Å². The zero-order chi connectivity index (χ0) is 15.4. The zero-order valence-electron chi connectivity index (χ0n) is 12.1. The minimum atomic E-state index is -0.270. The van der Waals surface area contributed by atoms with Crippen molar-refractivity contribution in [1.82, 2.24) is 4.98 Å². The molecule has 1 heterocycles. The molecule has 1 amide bonds. The number of pyridine rings is 1. The molecule has 0 fully saturated rings. The molecule has 0 aliphatic carbocycles. The lowest BCUT2D eigenvalue weighted by Gasteiger charge is -2.18. The van der Waals surface area contributed by atoms with Crippen LogP contribution in [0.5, 0.6) is 0 Å². The molecule has 1 aromatic heterocycles. The number of anilines is 3. The van der Waals surface area contributed by atoms with E-state index in [1.54, 1.807) is 13.1 Å². The number of amides is 1. The van der Waals surface area contributed by atoms with Crippen LogP contribution in [0.15, 0.2) is 36.5 Å². The topological polar surface area (TPSA) is 57.3 Å². The minimum absolute atomic E-state index is 0.270. The highest BCUT2D eigenvalue weighted by Gasteiger charge is 2.14. The molecule has 0 spiro atoms. The third-order valence-electron chi connectivity index (χ3n) is 2.99. The monoisotopic (exact) mass is 304 g/mol. The maximum Gasteiger partial charge on any atom is 0.257 e. The van der Waals surface area contributed by atoms with Crippen LogP contribution in [0, 0.1) is 0 Å². The van der Waals surface area contributed by atoms with Crippen molar-refractivity contribution in [3.63, 3.8) is 0 Å². The summed E-state index contributed by atoms with van der Waals surface area (Å²) in [5, 5.41) is 6.08. The van der Waals surface area contributed by atoms with Gasteiger partial charge in [0.05, 0.1) is 22.0 Å². The van der Waals surface area contributed by atoms with Crippen LogP contribution in [0.4, 0.5) is 17.2 Å². The quantitative estimate of drug-likeness (QED) is 0.911. The Labute approximate surface area is 128 Å². The van der Waals surface area contributed by atoms with Crippen LogP contribution in [0.25, 0.3) is 0 Å². The lowest BCUT2D eigenvalue weighted by Crippen LogP contribution is -2.17. The van der Waals surface area contributed by atoms with Gasteiger partial charge in [0.15, 0.2) is 0 Å². The molecule has 0 unspecified atom stereocenters. The molecule has 0 saturated heterocycles. The van der Waals surface area contributed by atoms with Crippen LogP contribution in [0.3, 0.4) is 0 Å². The molecule has 0 saturated carbocycles. The maximum atomic E-state index is 12.4. The minimum Gasteiger partial charge on any atom is -0.376 e. The molecule has 2 rings (SSSR count). The number of carbonyl (C=O) groups is 1. The number of rotatable bonds is 4. The molecule has 2 N–H and O–H groups in total. The van der Waals surface area contributed by atoms with E-state index >= 15 is 0 Å². The molecule has 0 aliphatic rings. The van der Waals surface area contributed by atoms with Gasteiger partial charge in [-0.1, -0.05) is 23.7 Å². The number of carbonyl (C=O) groups excluding carboxylic acids is 1. The van der Waals surface area contributed by atoms with Crippen LogP contribution in [-0.4, -0.2) is 32.0 Å². The van der Waals surface area contributed by atoms with Crippen LogP contribution in [0.1, 0.15) is 10.4 Å². The normalized spacial score (nSPS) is 10.1. The first-order valence-corrected chi connectivity index (χ1v) is 6.81. The average Bonchev–Trinajstić information content (AvgIpc) is 2.48. The van der Waals surface area contributed by atoms with Crippen molar-refractivity contribution >= 4 is 34.7 Å². The molecular weight excluding hydrogens is 288 g/mol. The van der Waals surface area contributed by atoms with Crippen LogP contribution in [0.2, 0.25) is 5.02 Å². The van der Waals surface area contributed by atoms with E-state index in [0.717, 1.165) is 11.4 Å². The summed E-state index contributed by atoms with van der Waals surface area (Å²) in [6, 6.07) is 9.19. The predicted octanol–water partition coefficient (Wildman–Crippen LogP) is 3.10. The third kappa shape index (κ3) is 3.44. The zero-order valence-corrected chi connectivity index (χ0v) is 12.9. The second-order valence-corrected chi connectivity index (χ2v) is 5.07. The molecule has 0 radical (unpaired) electrons. The van der Waals surface area contributed by atoms with Crippen molar-refractivity contribution in [3.05, 3.63) is 47.1 Å². The first kappa shape index (κ1) is 15.1. The fourth-order valence-corrected chi connectivity index (χ4v) is 2.10. The van der Waals surface area contributed by atoms with Gasteiger partial charge in [-0.2, -0.15) is 0 Å². The van der Waals surface area contributed by atoms with Gasteiger partial charge >= 0.3 is 0 Å². The van der Waals surface area contributed by atoms with Gasteiger partial charge in [-0.3, -0.25) is 4.79 Å². The summed E-state index contributed by atoms with van der Waals surface area (Å²) in [6.45, 7) is 0. The van der Waals surface area contributed by atoms with Gasteiger partial charge in [-0.05, 0) is 18.2 Å². The number of nitrogens with zero attached hydrogens (tertiary/aromatic N) is 2. The summed E-state index contributed by atoms with van der Waals surface area (Å²) in [6.07, 6.45) is 1.46. The summed E-state index contributed by atoms with van der Waals surface area (Å²) in [7, 11) is 5.58. The van der Waals surface area contributed by atoms with Crippen molar-refractivity contribution in [3.8, 4) is 0 Å². The number of nitrogens with one attached hydrogen (secondary N) is 2.